The van der Waals surface area contributed by atoms with Crippen LogP contribution in [0, 0.1) is 0 Å². The first-order chi connectivity index (χ1) is 6.53. The van der Waals surface area contributed by atoms with E-state index in [-0.39, 0.29) is 5.91 Å². The van der Waals surface area contributed by atoms with Crippen molar-refractivity contribution < 1.29 is 4.79 Å². The van der Waals surface area contributed by atoms with Crippen LogP contribution in [0.3, 0.4) is 0 Å². The van der Waals surface area contributed by atoms with Gasteiger partial charge in [-0.15, -0.1) is 0 Å². The van der Waals surface area contributed by atoms with Crippen LogP contribution in [0.25, 0.3) is 0 Å². The Morgan fingerprint density at radius 3 is 2.43 bits per heavy atom. The van der Waals surface area contributed by atoms with Crippen molar-refractivity contribution in [3.8, 4) is 0 Å². The SMILES string of the molecule is CCCN(C(=O)C(C)(C)NC)C1CC1. The van der Waals surface area contributed by atoms with Gasteiger partial charge in [0.15, 0.2) is 0 Å². The molecule has 82 valence electrons. The molecule has 1 saturated carbocycles. The molecular weight excluding hydrogens is 176 g/mol. The molecule has 0 aromatic carbocycles. The Balaban J connectivity index is 2.62. The van der Waals surface area contributed by atoms with Crippen LogP contribution in [-0.2, 0) is 4.79 Å². The zero-order chi connectivity index (χ0) is 10.8. The predicted molar refractivity (Wildman–Crippen MR) is 58.2 cm³/mol. The van der Waals surface area contributed by atoms with Gasteiger partial charge in [-0.1, -0.05) is 6.92 Å². The number of hydrogen-bond acceptors (Lipinski definition) is 2. The van der Waals surface area contributed by atoms with Crippen LogP contribution in [0.2, 0.25) is 0 Å². The summed E-state index contributed by atoms with van der Waals surface area (Å²) in [6.07, 6.45) is 3.42. The Bertz CT molecular complexity index is 209. The lowest BCUT2D eigenvalue weighted by Crippen LogP contribution is -2.53. The molecular formula is C11H22N2O. The van der Waals surface area contributed by atoms with Crippen molar-refractivity contribution in [3.05, 3.63) is 0 Å². The fourth-order valence-electron chi connectivity index (χ4n) is 1.54. The highest BCUT2D eigenvalue weighted by molar-refractivity contribution is 5.86. The molecule has 0 atom stereocenters. The molecule has 1 aliphatic rings. The fourth-order valence-corrected chi connectivity index (χ4v) is 1.54. The van der Waals surface area contributed by atoms with Crippen molar-refractivity contribution in [1.29, 1.82) is 0 Å². The number of hydrogen-bond donors (Lipinski definition) is 1. The lowest BCUT2D eigenvalue weighted by atomic mass is 10.0. The van der Waals surface area contributed by atoms with Crippen LogP contribution >= 0.6 is 0 Å². The largest absolute Gasteiger partial charge is 0.338 e. The predicted octanol–water partition coefficient (Wildman–Crippen LogP) is 1.39. The van der Waals surface area contributed by atoms with E-state index < -0.39 is 5.54 Å². The van der Waals surface area contributed by atoms with Gasteiger partial charge < -0.3 is 10.2 Å². The fraction of sp³-hybridized carbons (Fsp3) is 0.909. The highest BCUT2D eigenvalue weighted by Gasteiger charge is 2.38. The van der Waals surface area contributed by atoms with Crippen LogP contribution in [0.1, 0.15) is 40.0 Å². The number of amides is 1. The minimum Gasteiger partial charge on any atom is -0.338 e. The second-order valence-electron chi connectivity index (χ2n) is 4.60. The summed E-state index contributed by atoms with van der Waals surface area (Å²) in [5, 5.41) is 3.07. The maximum Gasteiger partial charge on any atom is 0.242 e. The molecule has 1 rings (SSSR count). The van der Waals surface area contributed by atoms with Gasteiger partial charge in [-0.05, 0) is 40.2 Å². The van der Waals surface area contributed by atoms with Crippen molar-refractivity contribution in [2.45, 2.75) is 51.6 Å². The maximum absolute atomic E-state index is 12.1. The average molecular weight is 198 g/mol. The molecule has 3 nitrogen and oxygen atoms in total. The van der Waals surface area contributed by atoms with E-state index in [2.05, 4.69) is 12.2 Å². The first kappa shape index (κ1) is 11.5. The zero-order valence-corrected chi connectivity index (χ0v) is 9.76. The van der Waals surface area contributed by atoms with Gasteiger partial charge in [0.1, 0.15) is 0 Å². The molecule has 1 N–H and O–H groups in total. The summed E-state index contributed by atoms with van der Waals surface area (Å²) in [6.45, 7) is 6.91. The summed E-state index contributed by atoms with van der Waals surface area (Å²) < 4.78 is 0. The van der Waals surface area contributed by atoms with E-state index in [4.69, 9.17) is 0 Å². The lowest BCUT2D eigenvalue weighted by Gasteiger charge is -2.31. The van der Waals surface area contributed by atoms with Gasteiger partial charge in [-0.2, -0.15) is 0 Å². The van der Waals surface area contributed by atoms with E-state index in [9.17, 15) is 4.79 Å². The lowest BCUT2D eigenvalue weighted by molar-refractivity contribution is -0.137. The monoisotopic (exact) mass is 198 g/mol. The quantitative estimate of drug-likeness (QED) is 0.724. The minimum atomic E-state index is -0.419. The topological polar surface area (TPSA) is 32.3 Å². The van der Waals surface area contributed by atoms with Crippen molar-refractivity contribution in [1.82, 2.24) is 10.2 Å². The first-order valence-corrected chi connectivity index (χ1v) is 5.53. The van der Waals surface area contributed by atoms with Crippen molar-refractivity contribution >= 4 is 5.91 Å². The molecule has 0 heterocycles. The first-order valence-electron chi connectivity index (χ1n) is 5.53. The molecule has 0 radical (unpaired) electrons. The van der Waals surface area contributed by atoms with Gasteiger partial charge >= 0.3 is 0 Å². The summed E-state index contributed by atoms with van der Waals surface area (Å²) in [5.41, 5.74) is -0.419. The number of rotatable bonds is 5. The maximum atomic E-state index is 12.1. The molecule has 0 aromatic heterocycles. The summed E-state index contributed by atoms with van der Waals surface area (Å²) in [5.74, 6) is 0.240. The van der Waals surface area contributed by atoms with E-state index in [0.717, 1.165) is 13.0 Å². The third-order valence-corrected chi connectivity index (χ3v) is 2.87. The molecule has 0 unspecified atom stereocenters. The van der Waals surface area contributed by atoms with E-state index in [0.29, 0.717) is 6.04 Å². The summed E-state index contributed by atoms with van der Waals surface area (Å²) in [6, 6.07) is 0.523. The molecule has 0 aromatic rings. The highest BCUT2D eigenvalue weighted by Crippen LogP contribution is 2.28. The van der Waals surface area contributed by atoms with Gasteiger partial charge in [-0.25, -0.2) is 0 Å². The van der Waals surface area contributed by atoms with Crippen LogP contribution < -0.4 is 5.32 Å². The molecule has 1 amide bonds. The Kier molecular flexibility index (Phi) is 3.53. The van der Waals surface area contributed by atoms with Gasteiger partial charge in [-0.3, -0.25) is 4.79 Å². The number of likely N-dealkylation sites (N-methyl/N-ethyl adjacent to an activating group) is 1. The highest BCUT2D eigenvalue weighted by atomic mass is 16.2. The van der Waals surface area contributed by atoms with Crippen LogP contribution in [-0.4, -0.2) is 36.0 Å². The molecule has 1 aliphatic carbocycles. The standard InChI is InChI=1S/C11H22N2O/c1-5-8-13(9-6-7-9)10(14)11(2,3)12-4/h9,12H,5-8H2,1-4H3. The zero-order valence-electron chi connectivity index (χ0n) is 9.76. The van der Waals surface area contributed by atoms with Gasteiger partial charge in [0, 0.05) is 12.6 Å². The van der Waals surface area contributed by atoms with Crippen molar-refractivity contribution in [3.63, 3.8) is 0 Å². The van der Waals surface area contributed by atoms with Crippen molar-refractivity contribution in [2.24, 2.45) is 0 Å². The van der Waals surface area contributed by atoms with Crippen LogP contribution in [0.4, 0.5) is 0 Å². The smallest absolute Gasteiger partial charge is 0.242 e. The third-order valence-electron chi connectivity index (χ3n) is 2.87. The van der Waals surface area contributed by atoms with Gasteiger partial charge in [0.25, 0.3) is 0 Å². The van der Waals surface area contributed by atoms with E-state index in [1.54, 1.807) is 0 Å². The van der Waals surface area contributed by atoms with Crippen molar-refractivity contribution in [2.75, 3.05) is 13.6 Å². The van der Waals surface area contributed by atoms with E-state index >= 15 is 0 Å². The molecule has 0 saturated heterocycles. The number of nitrogens with one attached hydrogen (secondary N) is 1. The molecule has 0 spiro atoms. The molecule has 14 heavy (non-hydrogen) atoms. The summed E-state index contributed by atoms with van der Waals surface area (Å²) >= 11 is 0. The number of carbonyl (C=O) groups is 1. The van der Waals surface area contributed by atoms with Crippen LogP contribution in [0.15, 0.2) is 0 Å². The molecule has 0 aliphatic heterocycles. The number of carbonyl (C=O) groups excluding carboxylic acids is 1. The Morgan fingerprint density at radius 2 is 2.07 bits per heavy atom. The van der Waals surface area contributed by atoms with Crippen LogP contribution in [0.5, 0.6) is 0 Å². The molecule has 1 fully saturated rings. The molecule has 0 bridgehead atoms. The Morgan fingerprint density at radius 1 is 1.50 bits per heavy atom. The van der Waals surface area contributed by atoms with E-state index in [1.165, 1.54) is 12.8 Å². The minimum absolute atomic E-state index is 0.240. The molecule has 3 heteroatoms. The summed E-state index contributed by atoms with van der Waals surface area (Å²) in [4.78, 5) is 14.2. The number of nitrogens with zero attached hydrogens (tertiary/aromatic N) is 1. The second-order valence-corrected chi connectivity index (χ2v) is 4.60. The van der Waals surface area contributed by atoms with E-state index in [1.807, 2.05) is 25.8 Å². The summed E-state index contributed by atoms with van der Waals surface area (Å²) in [7, 11) is 1.84. The van der Waals surface area contributed by atoms with Gasteiger partial charge in [0.05, 0.1) is 5.54 Å². The third kappa shape index (κ3) is 2.47. The normalized spacial score (nSPS) is 16.9. The Hall–Kier alpha value is -0.570. The second kappa shape index (κ2) is 4.30. The average Bonchev–Trinajstić information content (AvgIpc) is 2.96. The van der Waals surface area contributed by atoms with Gasteiger partial charge in [0.2, 0.25) is 5.91 Å². The Labute approximate surface area is 86.9 Å².